The molecule has 0 bridgehead atoms. The molecule has 0 aliphatic carbocycles. The number of hydrogen-bond acceptors (Lipinski definition) is 7. The van der Waals surface area contributed by atoms with E-state index in [1.165, 1.54) is 67.6 Å². The van der Waals surface area contributed by atoms with Crippen molar-refractivity contribution in [2.24, 2.45) is 0 Å². The minimum Gasteiger partial charge on any atom is -0.477 e. The summed E-state index contributed by atoms with van der Waals surface area (Å²) in [5.74, 6) is -1.19. The third-order valence-corrected chi connectivity index (χ3v) is 15.3. The molecular formula is C50H48N2O2S4. The number of benzene rings is 3. The van der Waals surface area contributed by atoms with Crippen LogP contribution in [-0.2, 0) is 17.6 Å². The summed E-state index contributed by atoms with van der Waals surface area (Å²) >= 11 is 7.10. The Hall–Kier alpha value is -5.04. The molecule has 0 radical (unpaired) electrons. The van der Waals surface area contributed by atoms with Gasteiger partial charge < -0.3 is 10.0 Å². The van der Waals surface area contributed by atoms with Gasteiger partial charge in [0.2, 0.25) is 0 Å². The number of aryl methyl sites for hydroxylation is 2. The van der Waals surface area contributed by atoms with Crippen molar-refractivity contribution in [1.82, 2.24) is 0 Å². The maximum absolute atomic E-state index is 11.7. The smallest absolute Gasteiger partial charge is 0.346 e. The zero-order chi connectivity index (χ0) is 40.3. The van der Waals surface area contributed by atoms with Gasteiger partial charge in [0.05, 0.1) is 0 Å². The number of hydrogen-bond donors (Lipinski definition) is 1. The molecule has 4 aromatic heterocycles. The van der Waals surface area contributed by atoms with Crippen LogP contribution in [0.2, 0.25) is 0 Å². The van der Waals surface area contributed by atoms with E-state index in [0.29, 0.717) is 0 Å². The molecule has 4 nitrogen and oxygen atoms in total. The fraction of sp³-hybridized carbons (Fsp3) is 0.240. The van der Waals surface area contributed by atoms with Crippen LogP contribution in [0.3, 0.4) is 0 Å². The Labute approximate surface area is 359 Å². The van der Waals surface area contributed by atoms with E-state index in [1.807, 2.05) is 28.7 Å². The second-order valence-electron chi connectivity index (χ2n) is 14.4. The molecule has 0 atom stereocenters. The quantitative estimate of drug-likeness (QED) is 0.0501. The number of para-hydroxylation sites is 2. The van der Waals surface area contributed by atoms with Crippen LogP contribution in [0.25, 0.3) is 45.8 Å². The number of carboxylic acid groups (broad SMARTS) is 1. The number of thiophene rings is 4. The highest BCUT2D eigenvalue weighted by atomic mass is 32.1. The highest BCUT2D eigenvalue weighted by Gasteiger charge is 2.19. The van der Waals surface area contributed by atoms with E-state index in [0.717, 1.165) is 69.4 Å². The predicted molar refractivity (Wildman–Crippen MR) is 251 cm³/mol. The van der Waals surface area contributed by atoms with Crippen LogP contribution in [0.5, 0.6) is 0 Å². The number of aliphatic carboxylic acids is 1. The summed E-state index contributed by atoms with van der Waals surface area (Å²) in [5.41, 5.74) is 6.97. The molecule has 294 valence electrons. The molecule has 8 heteroatoms. The lowest BCUT2D eigenvalue weighted by atomic mass is 10.0. The molecule has 0 spiro atoms. The average Bonchev–Trinajstić information content (AvgIpc) is 4.08. The molecule has 1 N–H and O–H groups in total. The van der Waals surface area contributed by atoms with Crippen molar-refractivity contribution in [3.8, 4) is 45.8 Å². The van der Waals surface area contributed by atoms with Crippen LogP contribution >= 0.6 is 45.3 Å². The van der Waals surface area contributed by atoms with Crippen molar-refractivity contribution in [2.45, 2.75) is 78.1 Å². The number of anilines is 3. The van der Waals surface area contributed by atoms with Gasteiger partial charge in [0.25, 0.3) is 0 Å². The largest absolute Gasteiger partial charge is 0.477 e. The lowest BCUT2D eigenvalue weighted by Crippen LogP contribution is -2.09. The predicted octanol–water partition coefficient (Wildman–Crippen LogP) is 16.3. The normalized spacial score (nSPS) is 11.5. The zero-order valence-electron chi connectivity index (χ0n) is 33.1. The van der Waals surface area contributed by atoms with Gasteiger partial charge in [0.1, 0.15) is 11.6 Å². The highest BCUT2D eigenvalue weighted by Crippen LogP contribution is 2.47. The van der Waals surface area contributed by atoms with E-state index in [9.17, 15) is 15.2 Å². The third kappa shape index (κ3) is 9.97. The van der Waals surface area contributed by atoms with E-state index in [4.69, 9.17) is 0 Å². The van der Waals surface area contributed by atoms with Crippen LogP contribution in [0, 0.1) is 11.3 Å². The minimum atomic E-state index is -1.19. The number of unbranched alkanes of at least 4 members (excludes halogenated alkanes) is 6. The lowest BCUT2D eigenvalue weighted by molar-refractivity contribution is -0.132. The molecule has 0 saturated carbocycles. The van der Waals surface area contributed by atoms with Gasteiger partial charge in [-0.15, -0.1) is 45.3 Å². The Morgan fingerprint density at radius 2 is 1.07 bits per heavy atom. The second-order valence-corrected chi connectivity index (χ2v) is 18.7. The summed E-state index contributed by atoms with van der Waals surface area (Å²) in [6.07, 6.45) is 12.9. The molecule has 3 aromatic carbocycles. The van der Waals surface area contributed by atoms with E-state index >= 15 is 0 Å². The van der Waals surface area contributed by atoms with Crippen molar-refractivity contribution in [3.63, 3.8) is 0 Å². The van der Waals surface area contributed by atoms with Crippen molar-refractivity contribution in [3.05, 3.63) is 143 Å². The van der Waals surface area contributed by atoms with Gasteiger partial charge in [-0.05, 0) is 121 Å². The van der Waals surface area contributed by atoms with Crippen LogP contribution in [0.1, 0.15) is 81.2 Å². The second kappa shape index (κ2) is 20.1. The topological polar surface area (TPSA) is 64.3 Å². The van der Waals surface area contributed by atoms with Crippen LogP contribution in [0.15, 0.2) is 127 Å². The SMILES string of the molecule is CCCCCCc1cc(-c2ccc(-c3ccc(-c4cc(CCCCCC)c(-c5ccc(N(c6ccccc6)c6ccccc6)cc5)s4)s3)s2)sc1/C=C(\C#N)C(=O)O. The average molecular weight is 837 g/mol. The van der Waals surface area contributed by atoms with Crippen molar-refractivity contribution in [1.29, 1.82) is 5.26 Å². The molecule has 0 unspecified atom stereocenters. The Morgan fingerprint density at radius 1 is 0.586 bits per heavy atom. The Bertz CT molecular complexity index is 2440. The maximum Gasteiger partial charge on any atom is 0.346 e. The molecule has 7 aromatic rings. The van der Waals surface area contributed by atoms with Crippen LogP contribution in [-0.4, -0.2) is 11.1 Å². The summed E-state index contributed by atoms with van der Waals surface area (Å²) in [5, 5.41) is 19.0. The van der Waals surface area contributed by atoms with Gasteiger partial charge in [0.15, 0.2) is 0 Å². The van der Waals surface area contributed by atoms with Crippen LogP contribution < -0.4 is 4.90 Å². The fourth-order valence-electron chi connectivity index (χ4n) is 7.19. The third-order valence-electron chi connectivity index (χ3n) is 10.2. The molecular weight excluding hydrogens is 789 g/mol. The van der Waals surface area contributed by atoms with E-state index in [1.54, 1.807) is 28.7 Å². The van der Waals surface area contributed by atoms with Gasteiger partial charge in [0, 0.05) is 56.1 Å². The van der Waals surface area contributed by atoms with Gasteiger partial charge in [-0.2, -0.15) is 5.26 Å². The molecule has 58 heavy (non-hydrogen) atoms. The monoisotopic (exact) mass is 836 g/mol. The van der Waals surface area contributed by atoms with Gasteiger partial charge in [-0.1, -0.05) is 101 Å². The first kappa shape index (κ1) is 41.1. The van der Waals surface area contributed by atoms with Crippen molar-refractivity contribution < 1.29 is 9.90 Å². The summed E-state index contributed by atoms with van der Waals surface area (Å²) in [4.78, 5) is 23.6. The number of nitriles is 1. The van der Waals surface area contributed by atoms with Gasteiger partial charge >= 0.3 is 5.97 Å². The molecule has 0 amide bonds. The van der Waals surface area contributed by atoms with Gasteiger partial charge in [-0.3, -0.25) is 0 Å². The first-order chi connectivity index (χ1) is 28.4. The van der Waals surface area contributed by atoms with E-state index < -0.39 is 5.97 Å². The van der Waals surface area contributed by atoms with Crippen LogP contribution in [0.4, 0.5) is 17.1 Å². The first-order valence-electron chi connectivity index (χ1n) is 20.3. The number of nitrogens with zero attached hydrogens (tertiary/aromatic N) is 2. The summed E-state index contributed by atoms with van der Waals surface area (Å²) in [6, 6.07) is 45.6. The lowest BCUT2D eigenvalue weighted by Gasteiger charge is -2.25. The molecule has 0 fully saturated rings. The summed E-state index contributed by atoms with van der Waals surface area (Å²) < 4.78 is 0. The summed E-state index contributed by atoms with van der Waals surface area (Å²) in [7, 11) is 0. The Balaban J connectivity index is 1.15. The highest BCUT2D eigenvalue weighted by molar-refractivity contribution is 7.29. The zero-order valence-corrected chi connectivity index (χ0v) is 36.3. The van der Waals surface area contributed by atoms with Crippen molar-refractivity contribution in [2.75, 3.05) is 4.90 Å². The number of carboxylic acids is 1. The number of rotatable bonds is 19. The Morgan fingerprint density at radius 3 is 1.59 bits per heavy atom. The molecule has 0 aliphatic heterocycles. The molecule has 4 heterocycles. The molecule has 0 saturated heterocycles. The van der Waals surface area contributed by atoms with E-state index in [2.05, 4.69) is 140 Å². The van der Waals surface area contributed by atoms with E-state index in [-0.39, 0.29) is 5.57 Å². The fourth-order valence-corrected chi connectivity index (χ4v) is 11.8. The Kier molecular flexibility index (Phi) is 14.2. The molecule has 7 rings (SSSR count). The maximum atomic E-state index is 11.7. The standard InChI is InChI=1S/C50H48N2O2S4/c1-3-5-7-11-17-36-31-47(57-46(36)33-38(34-51)50(53)54)44-29-27-42(55-44)43-28-30-45(56-43)48-32-37(18-12-8-6-4-2)49(58-48)35-23-25-41(26-24-35)52(39-19-13-9-14-20-39)40-21-15-10-16-22-40/h9-10,13-16,19-33H,3-8,11-12,17-18H2,1-2H3,(H,53,54)/b38-33+. The van der Waals surface area contributed by atoms with Gasteiger partial charge in [-0.25, -0.2) is 4.79 Å². The first-order valence-corrected chi connectivity index (χ1v) is 23.5. The minimum absolute atomic E-state index is 0.225. The number of carbonyl (C=O) groups is 1. The molecule has 0 aliphatic rings. The summed E-state index contributed by atoms with van der Waals surface area (Å²) in [6.45, 7) is 4.47. The van der Waals surface area contributed by atoms with Crippen molar-refractivity contribution >= 4 is 74.5 Å².